The van der Waals surface area contributed by atoms with Gasteiger partial charge in [-0.3, -0.25) is 4.79 Å². The van der Waals surface area contributed by atoms with Crippen molar-refractivity contribution >= 4 is 43.6 Å². The average molecular weight is 398 g/mol. The highest BCUT2D eigenvalue weighted by molar-refractivity contribution is 9.10. The van der Waals surface area contributed by atoms with Crippen LogP contribution < -0.4 is 5.56 Å². The van der Waals surface area contributed by atoms with Gasteiger partial charge in [-0.1, -0.05) is 54.2 Å². The number of fused-ring (bicyclic) bond motifs is 4. The molecular formula is C20H20BrN3O. The number of para-hydroxylation sites is 2. The summed E-state index contributed by atoms with van der Waals surface area (Å²) in [6.07, 6.45) is 4.73. The van der Waals surface area contributed by atoms with Gasteiger partial charge in [0.2, 0.25) is 5.78 Å². The SMILES string of the molecule is CCCCCCn1c2ccccc2n2c(=O)c3ccc(Br)cc3nc12. The maximum Gasteiger partial charge on any atom is 0.267 e. The Bertz CT molecular complexity index is 1130. The lowest BCUT2D eigenvalue weighted by Gasteiger charge is -2.06. The zero-order valence-electron chi connectivity index (χ0n) is 14.2. The topological polar surface area (TPSA) is 39.3 Å². The van der Waals surface area contributed by atoms with Crippen molar-refractivity contribution in [2.24, 2.45) is 0 Å². The third-order valence-corrected chi connectivity index (χ3v) is 5.20. The monoisotopic (exact) mass is 397 g/mol. The van der Waals surface area contributed by atoms with Crippen LogP contribution >= 0.6 is 15.9 Å². The second kappa shape index (κ2) is 6.64. The number of aromatic nitrogens is 3. The van der Waals surface area contributed by atoms with Crippen molar-refractivity contribution in [1.29, 1.82) is 0 Å². The number of benzene rings is 2. The second-order valence-corrected chi connectivity index (χ2v) is 7.33. The van der Waals surface area contributed by atoms with Gasteiger partial charge in [-0.05, 0) is 36.8 Å². The van der Waals surface area contributed by atoms with Gasteiger partial charge in [0, 0.05) is 11.0 Å². The predicted molar refractivity (Wildman–Crippen MR) is 106 cm³/mol. The minimum atomic E-state index is -0.00370. The standard InChI is InChI=1S/C20H20BrN3O/c1-2-3-4-7-12-23-17-8-5-6-9-18(17)24-19(25)15-11-10-14(21)13-16(15)22-20(23)24/h5-6,8-11,13H,2-4,7,12H2,1H3. The molecular weight excluding hydrogens is 378 g/mol. The van der Waals surface area contributed by atoms with Gasteiger partial charge in [0.15, 0.2) is 0 Å². The summed E-state index contributed by atoms with van der Waals surface area (Å²) in [5.74, 6) is 0.730. The first-order chi connectivity index (χ1) is 12.2. The van der Waals surface area contributed by atoms with Gasteiger partial charge in [0.1, 0.15) is 0 Å². The van der Waals surface area contributed by atoms with Crippen LogP contribution in [0.5, 0.6) is 0 Å². The highest BCUT2D eigenvalue weighted by atomic mass is 79.9. The van der Waals surface area contributed by atoms with E-state index < -0.39 is 0 Å². The molecule has 0 unspecified atom stereocenters. The number of unbranched alkanes of at least 4 members (excludes halogenated alkanes) is 3. The van der Waals surface area contributed by atoms with Crippen LogP contribution in [0.15, 0.2) is 51.7 Å². The van der Waals surface area contributed by atoms with Gasteiger partial charge >= 0.3 is 0 Å². The zero-order valence-corrected chi connectivity index (χ0v) is 15.8. The first-order valence-electron chi connectivity index (χ1n) is 8.80. The number of hydrogen-bond acceptors (Lipinski definition) is 2. The molecule has 0 aliphatic heterocycles. The zero-order chi connectivity index (χ0) is 17.4. The third kappa shape index (κ3) is 2.76. The van der Waals surface area contributed by atoms with Crippen LogP contribution in [-0.4, -0.2) is 14.0 Å². The highest BCUT2D eigenvalue weighted by Crippen LogP contribution is 2.22. The largest absolute Gasteiger partial charge is 0.310 e. The van der Waals surface area contributed by atoms with Gasteiger partial charge in [-0.2, -0.15) is 0 Å². The molecule has 0 radical (unpaired) electrons. The number of imidazole rings is 1. The summed E-state index contributed by atoms with van der Waals surface area (Å²) in [5.41, 5.74) is 2.72. The molecule has 0 saturated carbocycles. The molecule has 0 atom stereocenters. The molecule has 2 aromatic carbocycles. The van der Waals surface area contributed by atoms with E-state index in [4.69, 9.17) is 4.98 Å². The van der Waals surface area contributed by atoms with E-state index in [0.29, 0.717) is 5.39 Å². The van der Waals surface area contributed by atoms with Gasteiger partial charge < -0.3 is 4.57 Å². The minimum absolute atomic E-state index is 0.00370. The van der Waals surface area contributed by atoms with Crippen LogP contribution in [0.3, 0.4) is 0 Å². The fourth-order valence-corrected chi connectivity index (χ4v) is 3.80. The third-order valence-electron chi connectivity index (χ3n) is 4.70. The highest BCUT2D eigenvalue weighted by Gasteiger charge is 2.15. The molecule has 0 spiro atoms. The first kappa shape index (κ1) is 16.3. The van der Waals surface area contributed by atoms with E-state index in [0.717, 1.165) is 39.8 Å². The number of aryl methyl sites for hydroxylation is 1. The molecule has 4 nitrogen and oxygen atoms in total. The Kier molecular flexibility index (Phi) is 4.34. The van der Waals surface area contributed by atoms with Crippen LogP contribution in [0, 0.1) is 0 Å². The molecule has 0 saturated heterocycles. The summed E-state index contributed by atoms with van der Waals surface area (Å²) in [4.78, 5) is 17.9. The molecule has 128 valence electrons. The normalized spacial score (nSPS) is 11.8. The smallest absolute Gasteiger partial charge is 0.267 e. The molecule has 4 aromatic rings. The fraction of sp³-hybridized carbons (Fsp3) is 0.300. The van der Waals surface area contributed by atoms with E-state index in [1.165, 1.54) is 19.3 Å². The number of hydrogen-bond donors (Lipinski definition) is 0. The maximum atomic E-state index is 13.1. The molecule has 2 heterocycles. The fourth-order valence-electron chi connectivity index (χ4n) is 3.45. The molecule has 0 aliphatic carbocycles. The lowest BCUT2D eigenvalue weighted by molar-refractivity contribution is 0.597. The second-order valence-electron chi connectivity index (χ2n) is 6.41. The first-order valence-corrected chi connectivity index (χ1v) is 9.59. The van der Waals surface area contributed by atoms with E-state index in [-0.39, 0.29) is 5.56 Å². The molecule has 0 fully saturated rings. The molecule has 0 bridgehead atoms. The molecule has 25 heavy (non-hydrogen) atoms. The summed E-state index contributed by atoms with van der Waals surface area (Å²) in [6.45, 7) is 3.09. The maximum absolute atomic E-state index is 13.1. The average Bonchev–Trinajstić information content (AvgIpc) is 2.92. The van der Waals surface area contributed by atoms with E-state index in [9.17, 15) is 4.79 Å². The number of halogens is 1. The Morgan fingerprint density at radius 3 is 2.64 bits per heavy atom. The Labute approximate surface area is 154 Å². The Morgan fingerprint density at radius 1 is 1.04 bits per heavy atom. The van der Waals surface area contributed by atoms with E-state index in [1.54, 1.807) is 4.40 Å². The van der Waals surface area contributed by atoms with Crippen molar-refractivity contribution in [2.75, 3.05) is 0 Å². The molecule has 0 aliphatic rings. The lowest BCUT2D eigenvalue weighted by atomic mass is 10.2. The van der Waals surface area contributed by atoms with Crippen LogP contribution in [-0.2, 0) is 6.54 Å². The van der Waals surface area contributed by atoms with Crippen LogP contribution in [0.4, 0.5) is 0 Å². The van der Waals surface area contributed by atoms with Crippen molar-refractivity contribution in [3.8, 4) is 0 Å². The van der Waals surface area contributed by atoms with Crippen molar-refractivity contribution in [3.05, 3.63) is 57.3 Å². The Hall–Kier alpha value is -2.14. The Balaban J connectivity index is 2.00. The van der Waals surface area contributed by atoms with Gasteiger partial charge in [0.25, 0.3) is 5.56 Å². The lowest BCUT2D eigenvalue weighted by Crippen LogP contribution is -2.15. The van der Waals surface area contributed by atoms with Crippen molar-refractivity contribution < 1.29 is 0 Å². The van der Waals surface area contributed by atoms with Crippen LogP contribution in [0.25, 0.3) is 27.7 Å². The van der Waals surface area contributed by atoms with Crippen LogP contribution in [0.2, 0.25) is 0 Å². The molecule has 0 amide bonds. The summed E-state index contributed by atoms with van der Waals surface area (Å²) < 4.78 is 4.87. The van der Waals surface area contributed by atoms with Crippen LogP contribution in [0.1, 0.15) is 32.6 Å². The summed E-state index contributed by atoms with van der Waals surface area (Å²) in [5, 5.41) is 0.648. The van der Waals surface area contributed by atoms with Gasteiger partial charge in [0.05, 0.1) is 21.9 Å². The van der Waals surface area contributed by atoms with Crippen molar-refractivity contribution in [1.82, 2.24) is 14.0 Å². The van der Waals surface area contributed by atoms with E-state index in [1.807, 2.05) is 36.4 Å². The molecule has 5 heteroatoms. The summed E-state index contributed by atoms with van der Waals surface area (Å²) in [7, 11) is 0. The predicted octanol–water partition coefficient (Wildman–Crippen LogP) is 5.15. The summed E-state index contributed by atoms with van der Waals surface area (Å²) >= 11 is 3.48. The number of rotatable bonds is 5. The summed E-state index contributed by atoms with van der Waals surface area (Å²) in [6, 6.07) is 13.7. The minimum Gasteiger partial charge on any atom is -0.310 e. The van der Waals surface area contributed by atoms with E-state index >= 15 is 0 Å². The van der Waals surface area contributed by atoms with Gasteiger partial charge in [-0.25, -0.2) is 9.38 Å². The van der Waals surface area contributed by atoms with E-state index in [2.05, 4.69) is 33.5 Å². The number of nitrogens with zero attached hydrogens (tertiary/aromatic N) is 3. The molecule has 4 rings (SSSR count). The van der Waals surface area contributed by atoms with Gasteiger partial charge in [-0.15, -0.1) is 0 Å². The quantitative estimate of drug-likeness (QED) is 0.437. The van der Waals surface area contributed by atoms with Crippen molar-refractivity contribution in [3.63, 3.8) is 0 Å². The molecule has 2 aromatic heterocycles. The molecule has 0 N–H and O–H groups in total. The van der Waals surface area contributed by atoms with Crippen molar-refractivity contribution in [2.45, 2.75) is 39.2 Å². The Morgan fingerprint density at radius 2 is 1.84 bits per heavy atom.